The van der Waals surface area contributed by atoms with Crippen molar-refractivity contribution in [3.8, 4) is 11.5 Å². The number of piperidine rings is 1. The SMILES string of the molecule is COc1ccc(CN2CCC([C@@H](Cc3ccccc3F)N(C)C(=O)c3ccoc3C)CC2)cc1OC. The Balaban J connectivity index is 1.47. The molecule has 1 atom stereocenters. The molecule has 0 unspecified atom stereocenters. The van der Waals surface area contributed by atoms with Crippen molar-refractivity contribution in [3.63, 3.8) is 0 Å². The lowest BCUT2D eigenvalue weighted by molar-refractivity contribution is 0.0581. The zero-order valence-corrected chi connectivity index (χ0v) is 21.5. The van der Waals surface area contributed by atoms with Crippen LogP contribution in [-0.2, 0) is 13.0 Å². The van der Waals surface area contributed by atoms with Crippen LogP contribution in [0, 0.1) is 18.7 Å². The molecular weight excluding hydrogens is 459 g/mol. The van der Waals surface area contributed by atoms with E-state index >= 15 is 0 Å². The van der Waals surface area contributed by atoms with Crippen molar-refractivity contribution in [1.29, 1.82) is 0 Å². The van der Waals surface area contributed by atoms with Gasteiger partial charge in [0.1, 0.15) is 11.6 Å². The maximum absolute atomic E-state index is 14.6. The van der Waals surface area contributed by atoms with Crippen LogP contribution in [0.3, 0.4) is 0 Å². The number of carbonyl (C=O) groups is 1. The van der Waals surface area contributed by atoms with Gasteiger partial charge in [0.25, 0.3) is 5.91 Å². The summed E-state index contributed by atoms with van der Waals surface area (Å²) in [4.78, 5) is 17.6. The van der Waals surface area contributed by atoms with Crippen LogP contribution in [0.4, 0.5) is 4.39 Å². The maximum atomic E-state index is 14.6. The van der Waals surface area contributed by atoms with E-state index in [1.165, 1.54) is 12.3 Å². The molecule has 1 aliphatic heterocycles. The molecule has 2 aromatic carbocycles. The van der Waals surface area contributed by atoms with Crippen molar-refractivity contribution in [2.24, 2.45) is 5.92 Å². The van der Waals surface area contributed by atoms with Crippen molar-refractivity contribution >= 4 is 5.91 Å². The first-order chi connectivity index (χ1) is 17.4. The summed E-state index contributed by atoms with van der Waals surface area (Å²) >= 11 is 0. The third-order valence-electron chi connectivity index (χ3n) is 7.32. The van der Waals surface area contributed by atoms with Gasteiger partial charge in [-0.25, -0.2) is 4.39 Å². The minimum atomic E-state index is -0.228. The van der Waals surface area contributed by atoms with E-state index in [1.807, 2.05) is 31.3 Å². The van der Waals surface area contributed by atoms with E-state index in [0.717, 1.165) is 49.5 Å². The zero-order chi connectivity index (χ0) is 25.7. The van der Waals surface area contributed by atoms with Gasteiger partial charge in [-0.15, -0.1) is 0 Å². The van der Waals surface area contributed by atoms with Gasteiger partial charge in [-0.3, -0.25) is 9.69 Å². The maximum Gasteiger partial charge on any atom is 0.257 e. The molecule has 192 valence electrons. The average Bonchev–Trinajstić information content (AvgIpc) is 3.33. The Morgan fingerprint density at radius 3 is 2.47 bits per heavy atom. The van der Waals surface area contributed by atoms with E-state index < -0.39 is 0 Å². The van der Waals surface area contributed by atoms with Gasteiger partial charge in [0.05, 0.1) is 26.0 Å². The minimum absolute atomic E-state index is 0.0876. The standard InChI is InChI=1S/C29H35FN2O4/c1-20-24(13-16-36-20)29(33)31(2)26(18-23-7-5-6-8-25(23)30)22-11-14-32(15-12-22)19-21-9-10-27(34-3)28(17-21)35-4/h5-10,13,16-17,22,26H,11-12,14-15,18-19H2,1-4H3/t26-/m1/s1. The normalized spacial score (nSPS) is 15.5. The van der Waals surface area contributed by atoms with Crippen LogP contribution >= 0.6 is 0 Å². The molecule has 1 amide bonds. The number of carbonyl (C=O) groups excluding carboxylic acids is 1. The fourth-order valence-electron chi connectivity index (χ4n) is 5.19. The fraction of sp³-hybridized carbons (Fsp3) is 0.414. The highest BCUT2D eigenvalue weighted by Crippen LogP contribution is 2.31. The lowest BCUT2D eigenvalue weighted by atomic mass is 9.84. The first-order valence-corrected chi connectivity index (χ1v) is 12.4. The molecule has 1 aliphatic rings. The summed E-state index contributed by atoms with van der Waals surface area (Å²) in [6.07, 6.45) is 3.86. The number of nitrogens with zero attached hydrogens (tertiary/aromatic N) is 2. The Hall–Kier alpha value is -3.32. The van der Waals surface area contributed by atoms with Crippen molar-refractivity contribution in [2.45, 2.75) is 38.8 Å². The number of benzene rings is 2. The van der Waals surface area contributed by atoms with E-state index in [2.05, 4.69) is 11.0 Å². The van der Waals surface area contributed by atoms with Gasteiger partial charge in [-0.05, 0) is 80.6 Å². The summed E-state index contributed by atoms with van der Waals surface area (Å²) in [5.74, 6) is 1.98. The number of methoxy groups -OCH3 is 2. The Morgan fingerprint density at radius 1 is 1.11 bits per heavy atom. The molecule has 0 radical (unpaired) electrons. The average molecular weight is 495 g/mol. The molecule has 36 heavy (non-hydrogen) atoms. The summed E-state index contributed by atoms with van der Waals surface area (Å²) in [5, 5.41) is 0. The molecule has 7 heteroatoms. The summed E-state index contributed by atoms with van der Waals surface area (Å²) in [6, 6.07) is 14.5. The van der Waals surface area contributed by atoms with Gasteiger partial charge in [0.15, 0.2) is 11.5 Å². The van der Waals surface area contributed by atoms with Crippen LogP contribution in [0.25, 0.3) is 0 Å². The Labute approximate surface area is 212 Å². The molecule has 1 aromatic heterocycles. The summed E-state index contributed by atoms with van der Waals surface area (Å²) in [6.45, 7) is 4.41. The first kappa shape index (κ1) is 25.8. The Bertz CT molecular complexity index is 1170. The second-order valence-electron chi connectivity index (χ2n) is 9.47. The van der Waals surface area contributed by atoms with Gasteiger partial charge in [0, 0.05) is 19.6 Å². The highest BCUT2D eigenvalue weighted by molar-refractivity contribution is 5.95. The van der Waals surface area contributed by atoms with Gasteiger partial charge >= 0.3 is 0 Å². The van der Waals surface area contributed by atoms with Crippen LogP contribution in [0.5, 0.6) is 11.5 Å². The molecule has 0 saturated carbocycles. The lowest BCUT2D eigenvalue weighted by Crippen LogP contribution is -2.47. The van der Waals surface area contributed by atoms with Crippen LogP contribution < -0.4 is 9.47 Å². The predicted octanol–water partition coefficient (Wildman–Crippen LogP) is 5.34. The van der Waals surface area contributed by atoms with Crippen LogP contribution in [0.15, 0.2) is 59.2 Å². The second-order valence-corrected chi connectivity index (χ2v) is 9.47. The Kier molecular flexibility index (Phi) is 8.31. The number of hydrogen-bond acceptors (Lipinski definition) is 5. The first-order valence-electron chi connectivity index (χ1n) is 12.4. The van der Waals surface area contributed by atoms with Gasteiger partial charge in [-0.1, -0.05) is 24.3 Å². The lowest BCUT2D eigenvalue weighted by Gasteiger charge is -2.40. The number of halogens is 1. The Morgan fingerprint density at radius 2 is 1.83 bits per heavy atom. The van der Waals surface area contributed by atoms with E-state index in [9.17, 15) is 9.18 Å². The van der Waals surface area contributed by atoms with Crippen molar-refractivity contribution in [2.75, 3.05) is 34.4 Å². The fourth-order valence-corrected chi connectivity index (χ4v) is 5.19. The molecule has 0 aliphatic carbocycles. The zero-order valence-electron chi connectivity index (χ0n) is 21.5. The van der Waals surface area contributed by atoms with E-state index in [1.54, 1.807) is 38.2 Å². The summed E-state index contributed by atoms with van der Waals surface area (Å²) < 4.78 is 30.8. The van der Waals surface area contributed by atoms with Gasteiger partial charge < -0.3 is 18.8 Å². The molecular formula is C29H35FN2O4. The van der Waals surface area contributed by atoms with Gasteiger partial charge in [-0.2, -0.15) is 0 Å². The quantitative estimate of drug-likeness (QED) is 0.402. The van der Waals surface area contributed by atoms with Crippen LogP contribution in [-0.4, -0.2) is 56.1 Å². The number of aryl methyl sites for hydroxylation is 1. The van der Waals surface area contributed by atoms with E-state index in [-0.39, 0.29) is 23.7 Å². The number of amides is 1. The number of rotatable bonds is 9. The number of hydrogen-bond donors (Lipinski definition) is 0. The van der Waals surface area contributed by atoms with E-state index in [0.29, 0.717) is 23.3 Å². The second kappa shape index (κ2) is 11.6. The molecule has 6 nitrogen and oxygen atoms in total. The number of likely N-dealkylation sites (tertiary alicyclic amines) is 1. The molecule has 0 N–H and O–H groups in total. The highest BCUT2D eigenvalue weighted by Gasteiger charge is 2.33. The van der Waals surface area contributed by atoms with Crippen molar-refractivity contribution in [1.82, 2.24) is 9.80 Å². The monoisotopic (exact) mass is 494 g/mol. The highest BCUT2D eigenvalue weighted by atomic mass is 19.1. The number of ether oxygens (including phenoxy) is 2. The van der Waals surface area contributed by atoms with Crippen LogP contribution in [0.2, 0.25) is 0 Å². The molecule has 0 bridgehead atoms. The van der Waals surface area contributed by atoms with Crippen molar-refractivity contribution in [3.05, 3.63) is 83.1 Å². The molecule has 1 saturated heterocycles. The molecule has 0 spiro atoms. The topological polar surface area (TPSA) is 55.2 Å². The summed E-state index contributed by atoms with van der Waals surface area (Å²) in [5.41, 5.74) is 2.36. The van der Waals surface area contributed by atoms with Crippen molar-refractivity contribution < 1.29 is 23.1 Å². The molecule has 1 fully saturated rings. The van der Waals surface area contributed by atoms with Gasteiger partial charge in [0.2, 0.25) is 0 Å². The predicted molar refractivity (Wildman–Crippen MR) is 137 cm³/mol. The molecule has 2 heterocycles. The largest absolute Gasteiger partial charge is 0.493 e. The van der Waals surface area contributed by atoms with Crippen LogP contribution in [0.1, 0.15) is 40.1 Å². The summed E-state index contributed by atoms with van der Waals surface area (Å²) in [7, 11) is 5.11. The smallest absolute Gasteiger partial charge is 0.257 e. The third-order valence-corrected chi connectivity index (χ3v) is 7.32. The number of furan rings is 1. The van der Waals surface area contributed by atoms with E-state index in [4.69, 9.17) is 13.9 Å². The minimum Gasteiger partial charge on any atom is -0.493 e. The molecule has 4 rings (SSSR count). The third kappa shape index (κ3) is 5.73. The molecule has 3 aromatic rings. The number of likely N-dealkylation sites (N-methyl/N-ethyl adjacent to an activating group) is 1.